The maximum absolute atomic E-state index is 13.1. The van der Waals surface area contributed by atoms with E-state index >= 15 is 0 Å². The fraction of sp³-hybridized carbons (Fsp3) is 0.167. The molecule has 0 radical (unpaired) electrons. The first-order valence-electron chi connectivity index (χ1n) is 10.1. The maximum atomic E-state index is 13.1. The molecule has 2 aromatic heterocycles. The van der Waals surface area contributed by atoms with E-state index in [4.69, 9.17) is 9.26 Å². The third-order valence-corrected chi connectivity index (χ3v) is 5.23. The summed E-state index contributed by atoms with van der Waals surface area (Å²) < 4.78 is 24.9. The van der Waals surface area contributed by atoms with Crippen LogP contribution in [-0.2, 0) is 11.3 Å². The van der Waals surface area contributed by atoms with Crippen LogP contribution < -0.4 is 5.32 Å². The van der Waals surface area contributed by atoms with Gasteiger partial charge in [-0.25, -0.2) is 9.18 Å². The molecule has 8 nitrogen and oxygen atoms in total. The summed E-state index contributed by atoms with van der Waals surface area (Å²) in [5.41, 5.74) is 3.75. The van der Waals surface area contributed by atoms with Crippen LogP contribution >= 0.6 is 0 Å². The van der Waals surface area contributed by atoms with E-state index in [2.05, 4.69) is 15.6 Å². The van der Waals surface area contributed by atoms with Crippen molar-refractivity contribution in [2.45, 2.75) is 20.4 Å². The number of rotatable bonds is 6. The van der Waals surface area contributed by atoms with E-state index in [0.717, 1.165) is 5.56 Å². The highest BCUT2D eigenvalue weighted by Crippen LogP contribution is 2.24. The van der Waals surface area contributed by atoms with Gasteiger partial charge in [-0.05, 0) is 49.7 Å². The summed E-state index contributed by atoms with van der Waals surface area (Å²) in [6.45, 7) is 3.92. The highest BCUT2D eigenvalue weighted by Gasteiger charge is 2.20. The zero-order valence-corrected chi connectivity index (χ0v) is 18.3. The summed E-state index contributed by atoms with van der Waals surface area (Å²) in [6, 6.07) is 14.3. The summed E-state index contributed by atoms with van der Waals surface area (Å²) in [5.74, 6) is -0.909. The fourth-order valence-electron chi connectivity index (χ4n) is 3.47. The standard InChI is InChI=1S/C24H21FN4O4/c1-14-22(15(2)29(27-14)13-17-6-4-5-7-19(17)24(31)32-3)26-23(30)20-12-21(33-28-20)16-8-10-18(25)11-9-16/h4-12H,13H2,1-3H3,(H,26,30). The lowest BCUT2D eigenvalue weighted by molar-refractivity contribution is 0.0599. The van der Waals surface area contributed by atoms with Gasteiger partial charge < -0.3 is 14.6 Å². The minimum Gasteiger partial charge on any atom is -0.465 e. The number of hydrogen-bond donors (Lipinski definition) is 1. The lowest BCUT2D eigenvalue weighted by Gasteiger charge is -2.10. The molecule has 1 amide bonds. The number of carbonyl (C=O) groups excluding carboxylic acids is 2. The molecule has 33 heavy (non-hydrogen) atoms. The molecule has 9 heteroatoms. The van der Waals surface area contributed by atoms with Crippen molar-refractivity contribution in [1.29, 1.82) is 0 Å². The summed E-state index contributed by atoms with van der Waals surface area (Å²) in [4.78, 5) is 24.8. The maximum Gasteiger partial charge on any atom is 0.338 e. The first-order valence-corrected chi connectivity index (χ1v) is 10.1. The van der Waals surface area contributed by atoms with Crippen LogP contribution in [0, 0.1) is 19.7 Å². The second-order valence-electron chi connectivity index (χ2n) is 7.39. The van der Waals surface area contributed by atoms with Gasteiger partial charge in [0.25, 0.3) is 5.91 Å². The summed E-state index contributed by atoms with van der Waals surface area (Å²) in [5, 5.41) is 11.2. The Morgan fingerprint density at radius 2 is 1.85 bits per heavy atom. The molecule has 0 atom stereocenters. The minimum atomic E-state index is -0.465. The normalized spacial score (nSPS) is 10.8. The van der Waals surface area contributed by atoms with E-state index < -0.39 is 11.9 Å². The molecule has 0 bridgehead atoms. The zero-order chi connectivity index (χ0) is 23.5. The van der Waals surface area contributed by atoms with Gasteiger partial charge in [0.1, 0.15) is 5.82 Å². The smallest absolute Gasteiger partial charge is 0.338 e. The number of hydrogen-bond acceptors (Lipinski definition) is 6. The average molecular weight is 448 g/mol. The van der Waals surface area contributed by atoms with Crippen LogP contribution in [0.25, 0.3) is 11.3 Å². The van der Waals surface area contributed by atoms with E-state index in [1.807, 2.05) is 19.1 Å². The van der Waals surface area contributed by atoms with Gasteiger partial charge in [-0.2, -0.15) is 5.10 Å². The summed E-state index contributed by atoms with van der Waals surface area (Å²) in [6.07, 6.45) is 0. The quantitative estimate of drug-likeness (QED) is 0.440. The third-order valence-electron chi connectivity index (χ3n) is 5.23. The molecule has 4 aromatic rings. The van der Waals surface area contributed by atoms with Gasteiger partial charge in [0.2, 0.25) is 0 Å². The number of ether oxygens (including phenoxy) is 1. The van der Waals surface area contributed by atoms with Crippen LogP contribution in [0.5, 0.6) is 0 Å². The minimum absolute atomic E-state index is 0.0805. The van der Waals surface area contributed by atoms with Crippen molar-refractivity contribution in [1.82, 2.24) is 14.9 Å². The summed E-state index contributed by atoms with van der Waals surface area (Å²) in [7, 11) is 1.33. The number of nitrogens with one attached hydrogen (secondary N) is 1. The van der Waals surface area contributed by atoms with E-state index in [-0.39, 0.29) is 11.5 Å². The predicted octanol–water partition coefficient (Wildman–Crippen LogP) is 4.38. The second-order valence-corrected chi connectivity index (χ2v) is 7.39. The van der Waals surface area contributed by atoms with E-state index in [1.165, 1.54) is 25.3 Å². The number of carbonyl (C=O) groups is 2. The van der Waals surface area contributed by atoms with E-state index in [9.17, 15) is 14.0 Å². The van der Waals surface area contributed by atoms with Crippen molar-refractivity contribution in [2.24, 2.45) is 0 Å². The molecular weight excluding hydrogens is 427 g/mol. The number of esters is 1. The molecule has 0 fully saturated rings. The van der Waals surface area contributed by atoms with E-state index in [0.29, 0.717) is 40.5 Å². The SMILES string of the molecule is COC(=O)c1ccccc1Cn1nc(C)c(NC(=O)c2cc(-c3ccc(F)cc3)on2)c1C. The number of anilines is 1. The van der Waals surface area contributed by atoms with Gasteiger partial charge in [0, 0.05) is 11.6 Å². The molecule has 0 spiro atoms. The number of aromatic nitrogens is 3. The molecule has 1 N–H and O–H groups in total. The lowest BCUT2D eigenvalue weighted by Crippen LogP contribution is -2.14. The summed E-state index contributed by atoms with van der Waals surface area (Å²) >= 11 is 0. The predicted molar refractivity (Wildman–Crippen MR) is 118 cm³/mol. The molecule has 168 valence electrons. The molecule has 0 unspecified atom stereocenters. The van der Waals surface area contributed by atoms with Crippen molar-refractivity contribution < 1.29 is 23.2 Å². The molecule has 0 aliphatic rings. The van der Waals surface area contributed by atoms with Crippen molar-refractivity contribution >= 4 is 17.6 Å². The average Bonchev–Trinajstić information content (AvgIpc) is 3.41. The van der Waals surface area contributed by atoms with Gasteiger partial charge in [0.05, 0.1) is 36.3 Å². The lowest BCUT2D eigenvalue weighted by atomic mass is 10.1. The molecule has 0 saturated heterocycles. The molecule has 0 saturated carbocycles. The van der Waals surface area contributed by atoms with Gasteiger partial charge in [0.15, 0.2) is 11.5 Å². The highest BCUT2D eigenvalue weighted by atomic mass is 19.1. The molecule has 0 aliphatic heterocycles. The molecular formula is C24H21FN4O4. The fourth-order valence-corrected chi connectivity index (χ4v) is 3.47. The molecule has 4 rings (SSSR count). The number of benzene rings is 2. The monoisotopic (exact) mass is 448 g/mol. The Kier molecular flexibility index (Phi) is 6.03. The van der Waals surface area contributed by atoms with Crippen molar-refractivity contribution in [3.8, 4) is 11.3 Å². The van der Waals surface area contributed by atoms with Crippen molar-refractivity contribution in [2.75, 3.05) is 12.4 Å². The van der Waals surface area contributed by atoms with Crippen LogP contribution in [0.15, 0.2) is 59.1 Å². The molecule has 0 aliphatic carbocycles. The Hall–Kier alpha value is -4.27. The van der Waals surface area contributed by atoms with Gasteiger partial charge in [-0.1, -0.05) is 23.4 Å². The Labute approximate surface area is 189 Å². The van der Waals surface area contributed by atoms with Crippen LogP contribution in [0.1, 0.15) is 37.8 Å². The Morgan fingerprint density at radius 3 is 2.58 bits per heavy atom. The third kappa shape index (κ3) is 4.52. The first kappa shape index (κ1) is 21.9. The Balaban J connectivity index is 1.54. The van der Waals surface area contributed by atoms with Crippen LogP contribution in [-0.4, -0.2) is 33.9 Å². The van der Waals surface area contributed by atoms with Crippen LogP contribution in [0.4, 0.5) is 10.1 Å². The number of methoxy groups -OCH3 is 1. The number of nitrogens with zero attached hydrogens (tertiary/aromatic N) is 3. The van der Waals surface area contributed by atoms with Crippen LogP contribution in [0.3, 0.4) is 0 Å². The van der Waals surface area contributed by atoms with Crippen LogP contribution in [0.2, 0.25) is 0 Å². The molecule has 2 heterocycles. The highest BCUT2D eigenvalue weighted by molar-refractivity contribution is 6.04. The van der Waals surface area contributed by atoms with Crippen molar-refractivity contribution in [3.05, 3.63) is 88.6 Å². The Morgan fingerprint density at radius 1 is 1.12 bits per heavy atom. The van der Waals surface area contributed by atoms with E-state index in [1.54, 1.807) is 35.9 Å². The van der Waals surface area contributed by atoms with Gasteiger partial charge >= 0.3 is 5.97 Å². The Bertz CT molecular complexity index is 1320. The van der Waals surface area contributed by atoms with Crippen molar-refractivity contribution in [3.63, 3.8) is 0 Å². The largest absolute Gasteiger partial charge is 0.465 e. The number of halogens is 1. The number of amides is 1. The zero-order valence-electron chi connectivity index (χ0n) is 18.3. The number of aryl methyl sites for hydroxylation is 1. The van der Waals surface area contributed by atoms with Gasteiger partial charge in [-0.15, -0.1) is 0 Å². The molecule has 2 aromatic carbocycles. The topological polar surface area (TPSA) is 99.2 Å². The first-order chi connectivity index (χ1) is 15.9. The van der Waals surface area contributed by atoms with Gasteiger partial charge in [-0.3, -0.25) is 9.48 Å². The second kappa shape index (κ2) is 9.07.